The van der Waals surface area contributed by atoms with E-state index in [-0.39, 0.29) is 30.8 Å². The topological polar surface area (TPSA) is 58.6 Å². The van der Waals surface area contributed by atoms with Crippen molar-refractivity contribution in [1.82, 2.24) is 5.32 Å². The van der Waals surface area contributed by atoms with Crippen molar-refractivity contribution in [2.24, 2.45) is 11.8 Å². The standard InChI is InChI=1S/C14H18FNO3/c1-9-6-13(9)14(18)16-7-11(17)8-19-12-4-2-10(15)3-5-12/h2-5,9,11,13,17H,6-8H2,1H3,(H,16,18). The number of hydrogen-bond acceptors (Lipinski definition) is 3. The molecule has 1 saturated carbocycles. The van der Waals surface area contributed by atoms with Gasteiger partial charge in [-0.15, -0.1) is 0 Å². The smallest absolute Gasteiger partial charge is 0.223 e. The van der Waals surface area contributed by atoms with Crippen molar-refractivity contribution >= 4 is 5.91 Å². The van der Waals surface area contributed by atoms with E-state index in [9.17, 15) is 14.3 Å². The molecule has 0 bridgehead atoms. The molecule has 2 rings (SSSR count). The first-order valence-corrected chi connectivity index (χ1v) is 6.40. The summed E-state index contributed by atoms with van der Waals surface area (Å²) in [5.41, 5.74) is 0. The number of carbonyl (C=O) groups is 1. The van der Waals surface area contributed by atoms with Crippen LogP contribution in [0.5, 0.6) is 5.75 Å². The van der Waals surface area contributed by atoms with Gasteiger partial charge in [0.25, 0.3) is 0 Å². The molecule has 0 aromatic heterocycles. The van der Waals surface area contributed by atoms with Gasteiger partial charge in [-0.3, -0.25) is 4.79 Å². The zero-order valence-electron chi connectivity index (χ0n) is 10.8. The summed E-state index contributed by atoms with van der Waals surface area (Å²) in [5, 5.41) is 12.4. The highest BCUT2D eigenvalue weighted by Gasteiger charge is 2.38. The molecule has 104 valence electrons. The molecule has 3 atom stereocenters. The van der Waals surface area contributed by atoms with Crippen LogP contribution in [0.25, 0.3) is 0 Å². The fraction of sp³-hybridized carbons (Fsp3) is 0.500. The van der Waals surface area contributed by atoms with Crippen LogP contribution in [0.2, 0.25) is 0 Å². The molecule has 1 aromatic rings. The molecule has 19 heavy (non-hydrogen) atoms. The van der Waals surface area contributed by atoms with E-state index in [0.29, 0.717) is 11.7 Å². The Morgan fingerprint density at radius 2 is 2.16 bits per heavy atom. The van der Waals surface area contributed by atoms with Crippen LogP contribution in [0.3, 0.4) is 0 Å². The van der Waals surface area contributed by atoms with Crippen LogP contribution in [-0.4, -0.2) is 30.3 Å². The number of halogens is 1. The summed E-state index contributed by atoms with van der Waals surface area (Å²) in [6.45, 7) is 2.26. The van der Waals surface area contributed by atoms with E-state index in [1.807, 2.05) is 6.92 Å². The molecule has 1 aliphatic carbocycles. The van der Waals surface area contributed by atoms with Gasteiger partial charge in [-0.05, 0) is 36.6 Å². The number of aliphatic hydroxyl groups is 1. The SMILES string of the molecule is CC1CC1C(=O)NCC(O)COc1ccc(F)cc1. The Morgan fingerprint density at radius 1 is 1.53 bits per heavy atom. The molecule has 1 aliphatic rings. The fourth-order valence-electron chi connectivity index (χ4n) is 1.82. The number of benzene rings is 1. The van der Waals surface area contributed by atoms with Crippen LogP contribution < -0.4 is 10.1 Å². The number of ether oxygens (including phenoxy) is 1. The van der Waals surface area contributed by atoms with E-state index in [1.165, 1.54) is 24.3 Å². The molecule has 0 spiro atoms. The third-order valence-corrected chi connectivity index (χ3v) is 3.21. The van der Waals surface area contributed by atoms with E-state index < -0.39 is 6.10 Å². The first kappa shape index (κ1) is 13.8. The van der Waals surface area contributed by atoms with E-state index in [2.05, 4.69) is 5.32 Å². The van der Waals surface area contributed by atoms with Crippen LogP contribution >= 0.6 is 0 Å². The van der Waals surface area contributed by atoms with Crippen molar-refractivity contribution in [3.8, 4) is 5.75 Å². The second-order valence-electron chi connectivity index (χ2n) is 4.98. The Bertz CT molecular complexity index is 435. The summed E-state index contributed by atoms with van der Waals surface area (Å²) in [7, 11) is 0. The van der Waals surface area contributed by atoms with Crippen LogP contribution in [-0.2, 0) is 4.79 Å². The quantitative estimate of drug-likeness (QED) is 0.817. The lowest BCUT2D eigenvalue weighted by atomic mass is 10.3. The number of nitrogens with one attached hydrogen (secondary N) is 1. The predicted molar refractivity (Wildman–Crippen MR) is 68.2 cm³/mol. The monoisotopic (exact) mass is 267 g/mol. The highest BCUT2D eigenvalue weighted by atomic mass is 19.1. The lowest BCUT2D eigenvalue weighted by molar-refractivity contribution is -0.123. The minimum absolute atomic E-state index is 0.00617. The van der Waals surface area contributed by atoms with Crippen molar-refractivity contribution in [1.29, 1.82) is 0 Å². The van der Waals surface area contributed by atoms with E-state index in [0.717, 1.165) is 6.42 Å². The van der Waals surface area contributed by atoms with Gasteiger partial charge >= 0.3 is 0 Å². The number of amides is 1. The van der Waals surface area contributed by atoms with Gasteiger partial charge < -0.3 is 15.2 Å². The third-order valence-electron chi connectivity index (χ3n) is 3.21. The average Bonchev–Trinajstić information content (AvgIpc) is 3.12. The normalized spacial score (nSPS) is 22.7. The Morgan fingerprint density at radius 3 is 2.74 bits per heavy atom. The van der Waals surface area contributed by atoms with Gasteiger partial charge in [0.2, 0.25) is 5.91 Å². The number of aliphatic hydroxyl groups excluding tert-OH is 1. The van der Waals surface area contributed by atoms with Crippen molar-refractivity contribution in [3.05, 3.63) is 30.1 Å². The first-order valence-electron chi connectivity index (χ1n) is 6.40. The number of carbonyl (C=O) groups excluding carboxylic acids is 1. The molecule has 1 aromatic carbocycles. The second-order valence-corrected chi connectivity index (χ2v) is 4.98. The summed E-state index contributed by atoms with van der Waals surface area (Å²) in [6.07, 6.45) is 0.150. The van der Waals surface area contributed by atoms with Crippen LogP contribution in [0.4, 0.5) is 4.39 Å². The molecule has 5 heteroatoms. The molecular formula is C14H18FNO3. The molecule has 0 saturated heterocycles. The van der Waals surface area contributed by atoms with Gasteiger partial charge in [-0.1, -0.05) is 6.92 Å². The average molecular weight is 267 g/mol. The summed E-state index contributed by atoms with van der Waals surface area (Å²) in [6, 6.07) is 5.56. The molecule has 0 radical (unpaired) electrons. The van der Waals surface area contributed by atoms with E-state index in [1.54, 1.807) is 0 Å². The van der Waals surface area contributed by atoms with Crippen LogP contribution in [0.15, 0.2) is 24.3 Å². The van der Waals surface area contributed by atoms with E-state index >= 15 is 0 Å². The highest BCUT2D eigenvalue weighted by Crippen LogP contribution is 2.37. The Hall–Kier alpha value is -1.62. The lowest BCUT2D eigenvalue weighted by Gasteiger charge is -2.13. The molecule has 1 amide bonds. The minimum atomic E-state index is -0.775. The molecule has 4 nitrogen and oxygen atoms in total. The van der Waals surface area contributed by atoms with Crippen LogP contribution in [0, 0.1) is 17.7 Å². The second kappa shape index (κ2) is 6.02. The zero-order valence-corrected chi connectivity index (χ0v) is 10.8. The molecule has 1 fully saturated rings. The molecule has 0 heterocycles. The Labute approximate surface area is 111 Å². The summed E-state index contributed by atoms with van der Waals surface area (Å²) >= 11 is 0. The molecule has 0 aliphatic heterocycles. The van der Waals surface area contributed by atoms with Gasteiger partial charge in [0, 0.05) is 12.5 Å². The summed E-state index contributed by atoms with van der Waals surface area (Å²) < 4.78 is 17.9. The summed E-state index contributed by atoms with van der Waals surface area (Å²) in [5.74, 6) is 0.701. The molecular weight excluding hydrogens is 249 g/mol. The largest absolute Gasteiger partial charge is 0.491 e. The molecule has 2 N–H and O–H groups in total. The summed E-state index contributed by atoms with van der Waals surface area (Å²) in [4.78, 5) is 11.5. The maximum Gasteiger partial charge on any atom is 0.223 e. The Balaban J connectivity index is 1.65. The van der Waals surface area contributed by atoms with Crippen molar-refractivity contribution in [2.45, 2.75) is 19.4 Å². The maximum atomic E-state index is 12.7. The van der Waals surface area contributed by atoms with Crippen molar-refractivity contribution in [3.63, 3.8) is 0 Å². The number of hydrogen-bond donors (Lipinski definition) is 2. The minimum Gasteiger partial charge on any atom is -0.491 e. The van der Waals surface area contributed by atoms with Gasteiger partial charge in [-0.25, -0.2) is 4.39 Å². The van der Waals surface area contributed by atoms with Gasteiger partial charge in [0.1, 0.15) is 24.3 Å². The Kier molecular flexibility index (Phi) is 4.37. The maximum absolute atomic E-state index is 12.7. The molecule has 3 unspecified atom stereocenters. The van der Waals surface area contributed by atoms with E-state index in [4.69, 9.17) is 4.74 Å². The number of rotatable bonds is 6. The first-order chi connectivity index (χ1) is 9.06. The third kappa shape index (κ3) is 4.21. The van der Waals surface area contributed by atoms with Crippen LogP contribution in [0.1, 0.15) is 13.3 Å². The fourth-order valence-corrected chi connectivity index (χ4v) is 1.82. The zero-order chi connectivity index (χ0) is 13.8. The van der Waals surface area contributed by atoms with Gasteiger partial charge in [-0.2, -0.15) is 0 Å². The van der Waals surface area contributed by atoms with Gasteiger partial charge in [0.15, 0.2) is 0 Å². The van der Waals surface area contributed by atoms with Crippen molar-refractivity contribution in [2.75, 3.05) is 13.2 Å². The predicted octanol–water partition coefficient (Wildman–Crippen LogP) is 1.34. The highest BCUT2D eigenvalue weighted by molar-refractivity contribution is 5.81. The van der Waals surface area contributed by atoms with Crippen molar-refractivity contribution < 1.29 is 19.0 Å². The van der Waals surface area contributed by atoms with Gasteiger partial charge in [0.05, 0.1) is 0 Å². The lowest BCUT2D eigenvalue weighted by Crippen LogP contribution is -2.36.